The second-order valence-electron chi connectivity index (χ2n) is 5.34. The number of halogens is 1. The van der Waals surface area contributed by atoms with Crippen molar-refractivity contribution in [2.24, 2.45) is 0 Å². The van der Waals surface area contributed by atoms with Crippen molar-refractivity contribution in [2.45, 2.75) is 25.7 Å². The number of nitrogens with one attached hydrogen (secondary N) is 1. The quantitative estimate of drug-likeness (QED) is 0.748. The number of sulfonamides is 1. The van der Waals surface area contributed by atoms with Crippen LogP contribution < -0.4 is 4.72 Å². The fourth-order valence-corrected chi connectivity index (χ4v) is 4.93. The molecule has 1 aromatic carbocycles. The van der Waals surface area contributed by atoms with Gasteiger partial charge in [0.2, 0.25) is 0 Å². The van der Waals surface area contributed by atoms with E-state index in [1.165, 1.54) is 35.6 Å². The summed E-state index contributed by atoms with van der Waals surface area (Å²) in [7, 11) is -3.90. The van der Waals surface area contributed by atoms with E-state index in [9.17, 15) is 12.8 Å². The molecular weight excluding hydrogens is 351 g/mol. The molecule has 0 unspecified atom stereocenters. The summed E-state index contributed by atoms with van der Waals surface area (Å²) in [4.78, 5) is 1.35. The number of hydrogen-bond donors (Lipinski definition) is 1. The maximum absolute atomic E-state index is 13.7. The number of aryl methyl sites for hydroxylation is 2. The van der Waals surface area contributed by atoms with E-state index in [2.05, 4.69) is 9.88 Å². The molecule has 0 saturated heterocycles. The third kappa shape index (κ3) is 2.94. The van der Waals surface area contributed by atoms with E-state index in [4.69, 9.17) is 4.52 Å². The topological polar surface area (TPSA) is 72.2 Å². The molecule has 0 saturated carbocycles. The highest BCUT2D eigenvalue weighted by Gasteiger charge is 2.24. The molecule has 0 atom stereocenters. The van der Waals surface area contributed by atoms with Gasteiger partial charge < -0.3 is 4.52 Å². The maximum Gasteiger partial charge on any atom is 0.263 e. The van der Waals surface area contributed by atoms with E-state index in [-0.39, 0.29) is 10.6 Å². The van der Waals surface area contributed by atoms with Crippen molar-refractivity contribution < 1.29 is 17.3 Å². The van der Waals surface area contributed by atoms with Crippen molar-refractivity contribution in [3.63, 3.8) is 0 Å². The molecule has 8 heteroatoms. The molecule has 3 aromatic rings. The van der Waals surface area contributed by atoms with Crippen LogP contribution in [0.3, 0.4) is 0 Å². The monoisotopic (exact) mass is 366 g/mol. The molecule has 126 valence electrons. The van der Waals surface area contributed by atoms with Crippen LogP contribution in [0.4, 0.5) is 10.1 Å². The lowest BCUT2D eigenvalue weighted by atomic mass is 10.2. The second-order valence-corrected chi connectivity index (χ2v) is 8.25. The van der Waals surface area contributed by atoms with Crippen LogP contribution in [-0.2, 0) is 10.0 Å². The van der Waals surface area contributed by atoms with Crippen molar-refractivity contribution >= 4 is 27.0 Å². The largest absolute Gasteiger partial charge is 0.355 e. The molecule has 0 aliphatic heterocycles. The number of hydrogen-bond acceptors (Lipinski definition) is 5. The minimum absolute atomic E-state index is 0.0867. The zero-order chi connectivity index (χ0) is 17.5. The lowest BCUT2D eigenvalue weighted by Gasteiger charge is -2.08. The lowest BCUT2D eigenvalue weighted by Crippen LogP contribution is -2.14. The van der Waals surface area contributed by atoms with Crippen LogP contribution in [-0.4, -0.2) is 13.6 Å². The van der Waals surface area contributed by atoms with Gasteiger partial charge in [-0.2, -0.15) is 0 Å². The molecule has 2 heterocycles. The number of aromatic nitrogens is 1. The van der Waals surface area contributed by atoms with Gasteiger partial charge in [0, 0.05) is 10.4 Å². The van der Waals surface area contributed by atoms with E-state index in [0.29, 0.717) is 15.5 Å². The molecule has 0 bridgehead atoms. The van der Waals surface area contributed by atoms with Gasteiger partial charge in [-0.3, -0.25) is 4.72 Å². The molecule has 24 heavy (non-hydrogen) atoms. The standard InChI is InChI=1S/C16H15FN2O3S2/c1-9-10(2)18-22-16(9)14-8-15(11(3)23-14)24(20,21)19-13-7-5-4-6-12(13)17/h4-8,19H,1-3H3. The Bertz CT molecular complexity index is 1010. The molecule has 0 aliphatic rings. The summed E-state index contributed by atoms with van der Waals surface area (Å²) in [5, 5.41) is 3.89. The van der Waals surface area contributed by atoms with Crippen LogP contribution in [0.5, 0.6) is 0 Å². The molecular formula is C16H15FN2O3S2. The Morgan fingerprint density at radius 2 is 1.92 bits per heavy atom. The highest BCUT2D eigenvalue weighted by Crippen LogP contribution is 2.36. The zero-order valence-corrected chi connectivity index (χ0v) is 14.9. The fourth-order valence-electron chi connectivity index (χ4n) is 2.23. The summed E-state index contributed by atoms with van der Waals surface area (Å²) in [6.07, 6.45) is 0. The van der Waals surface area contributed by atoms with Crippen molar-refractivity contribution in [2.75, 3.05) is 4.72 Å². The molecule has 0 aliphatic carbocycles. The normalized spacial score (nSPS) is 11.7. The summed E-state index contributed by atoms with van der Waals surface area (Å²) in [5.74, 6) is -0.0798. The Morgan fingerprint density at radius 3 is 2.54 bits per heavy atom. The van der Waals surface area contributed by atoms with Crippen LogP contribution in [0.15, 0.2) is 39.8 Å². The van der Waals surface area contributed by atoms with Gasteiger partial charge in [0.25, 0.3) is 10.0 Å². The third-order valence-corrected chi connectivity index (χ3v) is 6.33. The lowest BCUT2D eigenvalue weighted by molar-refractivity contribution is 0.427. The highest BCUT2D eigenvalue weighted by molar-refractivity contribution is 7.93. The molecule has 2 aromatic heterocycles. The predicted octanol–water partition coefficient (Wildman–Crippen LogP) is 4.27. The first-order valence-electron chi connectivity index (χ1n) is 7.10. The number of nitrogens with zero attached hydrogens (tertiary/aromatic N) is 1. The molecule has 3 rings (SSSR count). The minimum Gasteiger partial charge on any atom is -0.355 e. The van der Waals surface area contributed by atoms with E-state index in [0.717, 1.165) is 11.3 Å². The average molecular weight is 366 g/mol. The molecule has 0 amide bonds. The summed E-state index contributed by atoms with van der Waals surface area (Å²) in [6, 6.07) is 7.16. The Morgan fingerprint density at radius 1 is 1.21 bits per heavy atom. The second kappa shape index (κ2) is 6.03. The molecule has 5 nitrogen and oxygen atoms in total. The van der Waals surface area contributed by atoms with Gasteiger partial charge in [-0.25, -0.2) is 12.8 Å². The van der Waals surface area contributed by atoms with Gasteiger partial charge in [0.15, 0.2) is 5.76 Å². The summed E-state index contributed by atoms with van der Waals surface area (Å²) < 4.78 is 46.5. The van der Waals surface area contributed by atoms with E-state index < -0.39 is 15.8 Å². The smallest absolute Gasteiger partial charge is 0.263 e. The van der Waals surface area contributed by atoms with E-state index >= 15 is 0 Å². The average Bonchev–Trinajstić information content (AvgIpc) is 3.06. The first-order chi connectivity index (χ1) is 11.3. The number of benzene rings is 1. The molecule has 0 spiro atoms. The molecule has 0 radical (unpaired) electrons. The van der Waals surface area contributed by atoms with Gasteiger partial charge in [-0.05, 0) is 39.0 Å². The first-order valence-corrected chi connectivity index (χ1v) is 9.40. The Labute approximate surface area is 143 Å². The number of para-hydroxylation sites is 1. The van der Waals surface area contributed by atoms with Crippen LogP contribution in [0.2, 0.25) is 0 Å². The van der Waals surface area contributed by atoms with Gasteiger partial charge in [-0.1, -0.05) is 17.3 Å². The predicted molar refractivity (Wildman–Crippen MR) is 91.2 cm³/mol. The summed E-state index contributed by atoms with van der Waals surface area (Å²) in [6.45, 7) is 5.38. The number of rotatable bonds is 4. The van der Waals surface area contributed by atoms with Crippen molar-refractivity contribution in [1.29, 1.82) is 0 Å². The Kier molecular flexibility index (Phi) is 4.18. The Hall–Kier alpha value is -2.19. The first kappa shape index (κ1) is 16.7. The van der Waals surface area contributed by atoms with Crippen LogP contribution in [0.1, 0.15) is 16.1 Å². The summed E-state index contributed by atoms with van der Waals surface area (Å²) in [5.41, 5.74) is 1.53. The van der Waals surface area contributed by atoms with Gasteiger partial charge in [0.1, 0.15) is 10.7 Å². The molecule has 1 N–H and O–H groups in total. The van der Waals surface area contributed by atoms with Gasteiger partial charge >= 0.3 is 0 Å². The zero-order valence-electron chi connectivity index (χ0n) is 13.3. The minimum atomic E-state index is -3.90. The Balaban J connectivity index is 2.00. The third-order valence-electron chi connectivity index (χ3n) is 3.66. The van der Waals surface area contributed by atoms with E-state index in [1.807, 2.05) is 13.8 Å². The van der Waals surface area contributed by atoms with Crippen LogP contribution in [0, 0.1) is 26.6 Å². The maximum atomic E-state index is 13.7. The summed E-state index contributed by atoms with van der Waals surface area (Å²) >= 11 is 1.29. The van der Waals surface area contributed by atoms with Gasteiger partial charge in [-0.15, -0.1) is 11.3 Å². The van der Waals surface area contributed by atoms with Crippen molar-refractivity contribution in [1.82, 2.24) is 5.16 Å². The van der Waals surface area contributed by atoms with Crippen molar-refractivity contribution in [3.05, 3.63) is 52.3 Å². The van der Waals surface area contributed by atoms with Crippen LogP contribution in [0.25, 0.3) is 10.6 Å². The van der Waals surface area contributed by atoms with Crippen LogP contribution >= 0.6 is 11.3 Å². The fraction of sp³-hybridized carbons (Fsp3) is 0.188. The SMILES string of the molecule is Cc1noc(-c2cc(S(=O)(=O)Nc3ccccc3F)c(C)s2)c1C. The van der Waals surface area contributed by atoms with Gasteiger partial charge in [0.05, 0.1) is 16.3 Å². The highest BCUT2D eigenvalue weighted by atomic mass is 32.2. The van der Waals surface area contributed by atoms with E-state index in [1.54, 1.807) is 13.0 Å². The number of anilines is 1. The number of thiophene rings is 1. The molecule has 0 fully saturated rings. The van der Waals surface area contributed by atoms with Crippen molar-refractivity contribution in [3.8, 4) is 10.6 Å².